The molecule has 0 heterocycles. The molecule has 6 heteroatoms. The van der Waals surface area contributed by atoms with Crippen LogP contribution in [0.1, 0.15) is 36.5 Å². The molecule has 128 valence electrons. The summed E-state index contributed by atoms with van der Waals surface area (Å²) in [5, 5.41) is 8.87. The lowest BCUT2D eigenvalue weighted by molar-refractivity contribution is -0.138. The molecule has 0 radical (unpaired) electrons. The Morgan fingerprint density at radius 1 is 1.12 bits per heavy atom. The van der Waals surface area contributed by atoms with Crippen LogP contribution in [0.5, 0.6) is 11.5 Å². The van der Waals surface area contributed by atoms with Crippen molar-refractivity contribution in [2.75, 3.05) is 0 Å². The van der Waals surface area contributed by atoms with Gasteiger partial charge < -0.3 is 9.84 Å². The number of aliphatic carboxylic acids is 1. The first-order valence-electron chi connectivity index (χ1n) is 7.36. The van der Waals surface area contributed by atoms with Crippen LogP contribution in [0.15, 0.2) is 42.5 Å². The first kappa shape index (κ1) is 17.8. The average Bonchev–Trinajstić information content (AvgIpc) is 2.47. The van der Waals surface area contributed by atoms with Crippen LogP contribution in [-0.4, -0.2) is 11.1 Å². The van der Waals surface area contributed by atoms with E-state index in [4.69, 9.17) is 9.84 Å². The van der Waals surface area contributed by atoms with Crippen molar-refractivity contribution in [3.8, 4) is 11.5 Å². The van der Waals surface area contributed by atoms with Crippen LogP contribution in [0.2, 0.25) is 0 Å². The third-order valence-electron chi connectivity index (χ3n) is 3.46. The summed E-state index contributed by atoms with van der Waals surface area (Å²) in [6.07, 6.45) is -4.49. The number of carboxylic acids is 1. The van der Waals surface area contributed by atoms with Gasteiger partial charge in [-0.15, -0.1) is 0 Å². The fourth-order valence-electron chi connectivity index (χ4n) is 2.27. The third kappa shape index (κ3) is 4.50. The minimum Gasteiger partial charge on any atom is -0.481 e. The Hall–Kier alpha value is -2.50. The van der Waals surface area contributed by atoms with Gasteiger partial charge in [0.15, 0.2) is 0 Å². The molecular formula is C18H17F3O3. The highest BCUT2D eigenvalue weighted by atomic mass is 19.4. The van der Waals surface area contributed by atoms with E-state index in [2.05, 4.69) is 0 Å². The molecule has 2 rings (SSSR count). The van der Waals surface area contributed by atoms with Crippen LogP contribution in [0.4, 0.5) is 13.2 Å². The molecule has 0 saturated heterocycles. The van der Waals surface area contributed by atoms with E-state index in [0.717, 1.165) is 17.7 Å². The largest absolute Gasteiger partial charge is 0.481 e. The topological polar surface area (TPSA) is 46.5 Å². The van der Waals surface area contributed by atoms with E-state index in [1.165, 1.54) is 12.1 Å². The van der Waals surface area contributed by atoms with Crippen molar-refractivity contribution in [2.45, 2.75) is 32.4 Å². The summed E-state index contributed by atoms with van der Waals surface area (Å²) in [5.74, 6) is -0.0703. The van der Waals surface area contributed by atoms with Crippen molar-refractivity contribution in [1.29, 1.82) is 0 Å². The predicted molar refractivity (Wildman–Crippen MR) is 83.4 cm³/mol. The number of halogens is 3. The van der Waals surface area contributed by atoms with Crippen LogP contribution in [0, 0.1) is 0 Å². The number of alkyl halides is 3. The van der Waals surface area contributed by atoms with Gasteiger partial charge in [0.05, 0.1) is 12.0 Å². The molecule has 0 spiro atoms. The molecule has 24 heavy (non-hydrogen) atoms. The number of benzene rings is 2. The molecule has 0 atom stereocenters. The molecule has 0 fully saturated rings. The van der Waals surface area contributed by atoms with Crippen molar-refractivity contribution in [3.05, 3.63) is 59.2 Å². The number of ether oxygens (including phenoxy) is 1. The number of hydrogen-bond acceptors (Lipinski definition) is 2. The van der Waals surface area contributed by atoms with Crippen LogP contribution in [0.3, 0.4) is 0 Å². The predicted octanol–water partition coefficient (Wildman–Crippen LogP) is 5.25. The molecule has 3 nitrogen and oxygen atoms in total. The highest BCUT2D eigenvalue weighted by molar-refractivity contribution is 5.70. The lowest BCUT2D eigenvalue weighted by Gasteiger charge is -2.15. The Bertz CT molecular complexity index is 719. The lowest BCUT2D eigenvalue weighted by Crippen LogP contribution is -2.04. The van der Waals surface area contributed by atoms with Gasteiger partial charge in [0, 0.05) is 0 Å². The maximum Gasteiger partial charge on any atom is 0.416 e. The van der Waals surface area contributed by atoms with Crippen LogP contribution in [-0.2, 0) is 17.4 Å². The summed E-state index contributed by atoms with van der Waals surface area (Å²) in [6, 6.07) is 9.48. The fourth-order valence-corrected chi connectivity index (χ4v) is 2.27. The van der Waals surface area contributed by atoms with Gasteiger partial charge in [-0.05, 0) is 47.4 Å². The molecular weight excluding hydrogens is 321 g/mol. The van der Waals surface area contributed by atoms with Crippen molar-refractivity contribution in [3.63, 3.8) is 0 Å². The normalized spacial score (nSPS) is 11.6. The van der Waals surface area contributed by atoms with Crippen molar-refractivity contribution < 1.29 is 27.8 Å². The molecule has 1 N–H and O–H groups in total. The first-order valence-corrected chi connectivity index (χ1v) is 7.36. The second-order valence-corrected chi connectivity index (χ2v) is 5.72. The summed E-state index contributed by atoms with van der Waals surface area (Å²) >= 11 is 0. The second-order valence-electron chi connectivity index (χ2n) is 5.72. The smallest absolute Gasteiger partial charge is 0.416 e. The van der Waals surface area contributed by atoms with E-state index >= 15 is 0 Å². The molecule has 0 aliphatic rings. The molecule has 0 aliphatic heterocycles. The minimum absolute atomic E-state index is 0.0724. The van der Waals surface area contributed by atoms with Gasteiger partial charge in [0.1, 0.15) is 11.5 Å². The van der Waals surface area contributed by atoms with Crippen LogP contribution >= 0.6 is 0 Å². The lowest BCUT2D eigenvalue weighted by atomic mass is 9.98. The Labute approximate surface area is 137 Å². The SMILES string of the molecule is CC(C)c1cc(CC(=O)O)ccc1Oc1ccc(C(F)(F)F)cc1. The molecule has 0 saturated carbocycles. The second kappa shape index (κ2) is 6.95. The van der Waals surface area contributed by atoms with Gasteiger partial charge >= 0.3 is 12.1 Å². The van der Waals surface area contributed by atoms with E-state index in [-0.39, 0.29) is 18.1 Å². The van der Waals surface area contributed by atoms with E-state index in [1.807, 2.05) is 13.8 Å². The quantitative estimate of drug-likeness (QED) is 0.810. The van der Waals surface area contributed by atoms with Crippen molar-refractivity contribution >= 4 is 5.97 Å². The number of rotatable bonds is 5. The van der Waals surface area contributed by atoms with Gasteiger partial charge in [0.2, 0.25) is 0 Å². The zero-order chi connectivity index (χ0) is 17.9. The van der Waals surface area contributed by atoms with E-state index in [9.17, 15) is 18.0 Å². The Balaban J connectivity index is 2.27. The molecule has 2 aromatic carbocycles. The summed E-state index contributed by atoms with van der Waals surface area (Å²) in [5.41, 5.74) is 0.704. The highest BCUT2D eigenvalue weighted by Crippen LogP contribution is 2.34. The van der Waals surface area contributed by atoms with Crippen molar-refractivity contribution in [1.82, 2.24) is 0 Å². The van der Waals surface area contributed by atoms with Gasteiger partial charge in [-0.1, -0.05) is 26.0 Å². The van der Waals surface area contributed by atoms with E-state index in [0.29, 0.717) is 11.3 Å². The van der Waals surface area contributed by atoms with Crippen LogP contribution < -0.4 is 4.74 Å². The maximum atomic E-state index is 12.6. The summed E-state index contributed by atoms with van der Waals surface area (Å²) in [6.45, 7) is 3.86. The Morgan fingerprint density at radius 3 is 2.25 bits per heavy atom. The summed E-state index contributed by atoms with van der Waals surface area (Å²) < 4.78 is 43.4. The summed E-state index contributed by atoms with van der Waals surface area (Å²) in [4.78, 5) is 10.8. The molecule has 2 aromatic rings. The molecule has 0 bridgehead atoms. The molecule has 0 aliphatic carbocycles. The van der Waals surface area contributed by atoms with Gasteiger partial charge in [0.25, 0.3) is 0 Å². The third-order valence-corrected chi connectivity index (χ3v) is 3.46. The zero-order valence-electron chi connectivity index (χ0n) is 13.2. The van der Waals surface area contributed by atoms with Gasteiger partial charge in [-0.3, -0.25) is 4.79 Å². The molecule has 0 amide bonds. The fraction of sp³-hybridized carbons (Fsp3) is 0.278. The maximum absolute atomic E-state index is 12.6. The summed E-state index contributed by atoms with van der Waals surface area (Å²) in [7, 11) is 0. The Morgan fingerprint density at radius 2 is 1.75 bits per heavy atom. The standard InChI is InChI=1S/C18H17F3O3/c1-11(2)15-9-12(10-17(22)23)3-8-16(15)24-14-6-4-13(5-7-14)18(19,20)21/h3-9,11H,10H2,1-2H3,(H,22,23). The highest BCUT2D eigenvalue weighted by Gasteiger charge is 2.30. The van der Waals surface area contributed by atoms with Gasteiger partial charge in [-0.25, -0.2) is 0 Å². The van der Waals surface area contributed by atoms with Crippen LogP contribution in [0.25, 0.3) is 0 Å². The molecule has 0 unspecified atom stereocenters. The van der Waals surface area contributed by atoms with Gasteiger partial charge in [-0.2, -0.15) is 13.2 Å². The van der Waals surface area contributed by atoms with Crippen molar-refractivity contribution in [2.24, 2.45) is 0 Å². The average molecular weight is 338 g/mol. The number of carboxylic acid groups (broad SMARTS) is 1. The van der Waals surface area contributed by atoms with E-state index < -0.39 is 17.7 Å². The Kier molecular flexibility index (Phi) is 5.17. The molecule has 0 aromatic heterocycles. The number of carbonyl (C=O) groups is 1. The monoisotopic (exact) mass is 338 g/mol. The number of hydrogen-bond donors (Lipinski definition) is 1. The first-order chi connectivity index (χ1) is 11.2. The van der Waals surface area contributed by atoms with E-state index in [1.54, 1.807) is 18.2 Å². The minimum atomic E-state index is -4.39. The zero-order valence-corrected chi connectivity index (χ0v) is 13.2.